The number of H-pyrrole nitrogens is 1. The fourth-order valence-corrected chi connectivity index (χ4v) is 2.81. The predicted molar refractivity (Wildman–Crippen MR) is 88.7 cm³/mol. The van der Waals surface area contributed by atoms with Crippen molar-refractivity contribution in [1.82, 2.24) is 10.2 Å². The zero-order chi connectivity index (χ0) is 15.1. The second kappa shape index (κ2) is 4.96. The van der Waals surface area contributed by atoms with E-state index in [0.29, 0.717) is 11.3 Å². The third-order valence-corrected chi connectivity index (χ3v) is 3.98. The summed E-state index contributed by atoms with van der Waals surface area (Å²) in [5, 5.41) is 9.26. The normalized spacial score (nSPS) is 11.1. The maximum Gasteiger partial charge on any atom is 0.157 e. The predicted octanol–water partition coefficient (Wildman–Crippen LogP) is 4.71. The van der Waals surface area contributed by atoms with Crippen molar-refractivity contribution in [2.45, 2.75) is 0 Å². The maximum atomic E-state index is 6.01. The highest BCUT2D eigenvalue weighted by Crippen LogP contribution is 2.31. The summed E-state index contributed by atoms with van der Waals surface area (Å²) in [5.74, 6) is 1.37. The SMILES string of the molecule is COc1ccc2c(=S)cc(-c3n[nH]c4ccccc34)oc2c1. The van der Waals surface area contributed by atoms with Gasteiger partial charge in [0.2, 0.25) is 0 Å². The second-order valence-corrected chi connectivity index (χ2v) is 5.39. The minimum atomic E-state index is 0.642. The van der Waals surface area contributed by atoms with Gasteiger partial charge in [-0.25, -0.2) is 0 Å². The summed E-state index contributed by atoms with van der Waals surface area (Å²) in [6.45, 7) is 0. The summed E-state index contributed by atoms with van der Waals surface area (Å²) >= 11 is 5.48. The molecule has 4 nitrogen and oxygen atoms in total. The summed E-state index contributed by atoms with van der Waals surface area (Å²) in [5.41, 5.74) is 2.41. The Kier molecular flexibility index (Phi) is 2.94. The average molecular weight is 308 g/mol. The van der Waals surface area contributed by atoms with Crippen LogP contribution in [-0.4, -0.2) is 17.3 Å². The molecule has 0 atom stereocenters. The topological polar surface area (TPSA) is 51.0 Å². The molecule has 0 saturated heterocycles. The first-order valence-corrected chi connectivity index (χ1v) is 7.22. The van der Waals surface area contributed by atoms with E-state index < -0.39 is 0 Å². The molecule has 1 N–H and O–H groups in total. The number of benzene rings is 2. The summed E-state index contributed by atoms with van der Waals surface area (Å²) in [4.78, 5) is 0. The average Bonchev–Trinajstić information content (AvgIpc) is 2.98. The lowest BCUT2D eigenvalue weighted by molar-refractivity contribution is 0.414. The third-order valence-electron chi connectivity index (χ3n) is 3.64. The van der Waals surface area contributed by atoms with Crippen LogP contribution in [0.15, 0.2) is 52.9 Å². The Bertz CT molecular complexity index is 1050. The zero-order valence-electron chi connectivity index (χ0n) is 11.8. The molecule has 0 amide bonds. The first-order valence-electron chi connectivity index (χ1n) is 6.81. The molecule has 4 aromatic rings. The van der Waals surface area contributed by atoms with Crippen molar-refractivity contribution in [3.8, 4) is 17.2 Å². The number of hydrogen-bond acceptors (Lipinski definition) is 4. The molecule has 0 spiro atoms. The van der Waals surface area contributed by atoms with Gasteiger partial charge in [0.1, 0.15) is 17.0 Å². The number of aromatic nitrogens is 2. The number of methoxy groups -OCH3 is 1. The first kappa shape index (κ1) is 13.0. The zero-order valence-corrected chi connectivity index (χ0v) is 12.6. The Labute approximate surface area is 131 Å². The van der Waals surface area contributed by atoms with E-state index in [0.717, 1.165) is 32.2 Å². The molecule has 0 aliphatic carbocycles. The number of para-hydroxylation sites is 1. The van der Waals surface area contributed by atoms with Crippen molar-refractivity contribution in [3.63, 3.8) is 0 Å². The Hall–Kier alpha value is -2.66. The minimum Gasteiger partial charge on any atom is -0.497 e. The lowest BCUT2D eigenvalue weighted by Crippen LogP contribution is -1.85. The van der Waals surface area contributed by atoms with Gasteiger partial charge < -0.3 is 9.15 Å². The second-order valence-electron chi connectivity index (χ2n) is 4.95. The van der Waals surface area contributed by atoms with E-state index in [1.807, 2.05) is 48.5 Å². The molecule has 4 rings (SSSR count). The van der Waals surface area contributed by atoms with Gasteiger partial charge in [0.05, 0.1) is 17.1 Å². The molecule has 108 valence electrons. The molecule has 0 saturated carbocycles. The Morgan fingerprint density at radius 3 is 2.82 bits per heavy atom. The largest absolute Gasteiger partial charge is 0.497 e. The van der Waals surface area contributed by atoms with Crippen LogP contribution in [0.5, 0.6) is 5.75 Å². The molecule has 2 aromatic heterocycles. The smallest absolute Gasteiger partial charge is 0.157 e. The van der Waals surface area contributed by atoms with E-state index in [4.69, 9.17) is 21.4 Å². The molecule has 0 bridgehead atoms. The van der Waals surface area contributed by atoms with Crippen molar-refractivity contribution in [1.29, 1.82) is 0 Å². The maximum absolute atomic E-state index is 6.01. The van der Waals surface area contributed by atoms with E-state index in [1.165, 1.54) is 0 Å². The summed E-state index contributed by atoms with van der Waals surface area (Å²) in [7, 11) is 1.63. The van der Waals surface area contributed by atoms with E-state index in [1.54, 1.807) is 7.11 Å². The van der Waals surface area contributed by atoms with Crippen LogP contribution in [-0.2, 0) is 0 Å². The molecule has 0 radical (unpaired) electrons. The van der Waals surface area contributed by atoms with E-state index >= 15 is 0 Å². The van der Waals surface area contributed by atoms with Crippen molar-refractivity contribution in [3.05, 3.63) is 53.0 Å². The quantitative estimate of drug-likeness (QED) is 0.545. The summed E-state index contributed by atoms with van der Waals surface area (Å²) in [6, 6.07) is 15.4. The summed E-state index contributed by atoms with van der Waals surface area (Å²) in [6.07, 6.45) is 0. The lowest BCUT2D eigenvalue weighted by Gasteiger charge is -2.04. The summed E-state index contributed by atoms with van der Waals surface area (Å²) < 4.78 is 12.0. The number of nitrogens with zero attached hydrogens (tertiary/aromatic N) is 1. The standard InChI is InChI=1S/C17H12N2O2S/c1-20-10-6-7-12-14(8-10)21-15(9-16(12)22)17-11-4-2-3-5-13(11)18-19-17/h2-9H,1H3,(H,18,19). The fourth-order valence-electron chi connectivity index (χ4n) is 2.53. The molecule has 0 aliphatic rings. The van der Waals surface area contributed by atoms with Gasteiger partial charge in [-0.3, -0.25) is 5.10 Å². The Morgan fingerprint density at radius 2 is 1.95 bits per heavy atom. The molecule has 2 aromatic carbocycles. The van der Waals surface area contributed by atoms with Crippen LogP contribution in [0.1, 0.15) is 0 Å². The van der Waals surface area contributed by atoms with Crippen molar-refractivity contribution < 1.29 is 9.15 Å². The monoisotopic (exact) mass is 308 g/mol. The molecule has 0 unspecified atom stereocenters. The molecule has 22 heavy (non-hydrogen) atoms. The Balaban J connectivity index is 2.01. The van der Waals surface area contributed by atoms with Crippen molar-refractivity contribution >= 4 is 34.1 Å². The number of ether oxygens (including phenoxy) is 1. The van der Waals surface area contributed by atoms with Crippen LogP contribution >= 0.6 is 12.2 Å². The van der Waals surface area contributed by atoms with Gasteiger partial charge in [-0.05, 0) is 18.2 Å². The van der Waals surface area contributed by atoms with Crippen molar-refractivity contribution in [2.24, 2.45) is 0 Å². The van der Waals surface area contributed by atoms with E-state index in [-0.39, 0.29) is 0 Å². The van der Waals surface area contributed by atoms with Crippen LogP contribution in [0.2, 0.25) is 0 Å². The lowest BCUT2D eigenvalue weighted by atomic mass is 10.1. The van der Waals surface area contributed by atoms with Crippen LogP contribution in [0, 0.1) is 4.51 Å². The first-order chi connectivity index (χ1) is 10.8. The molecular formula is C17H12N2O2S. The van der Waals surface area contributed by atoms with E-state index in [2.05, 4.69) is 10.2 Å². The minimum absolute atomic E-state index is 0.642. The van der Waals surface area contributed by atoms with E-state index in [9.17, 15) is 0 Å². The number of hydrogen-bond donors (Lipinski definition) is 1. The molecule has 5 heteroatoms. The molecule has 0 aliphatic heterocycles. The fraction of sp³-hybridized carbons (Fsp3) is 0.0588. The van der Waals surface area contributed by atoms with Gasteiger partial charge in [0, 0.05) is 22.9 Å². The molecular weight excluding hydrogens is 296 g/mol. The number of fused-ring (bicyclic) bond motifs is 2. The number of rotatable bonds is 2. The highest BCUT2D eigenvalue weighted by atomic mass is 32.1. The van der Waals surface area contributed by atoms with Gasteiger partial charge in [0.15, 0.2) is 5.76 Å². The Morgan fingerprint density at radius 1 is 1.09 bits per heavy atom. The van der Waals surface area contributed by atoms with Crippen LogP contribution in [0.25, 0.3) is 33.3 Å². The molecule has 2 heterocycles. The van der Waals surface area contributed by atoms with Crippen LogP contribution < -0.4 is 4.74 Å². The third kappa shape index (κ3) is 1.98. The van der Waals surface area contributed by atoms with Crippen LogP contribution in [0.4, 0.5) is 0 Å². The molecule has 0 fully saturated rings. The van der Waals surface area contributed by atoms with Crippen molar-refractivity contribution in [2.75, 3.05) is 7.11 Å². The van der Waals surface area contributed by atoms with Crippen LogP contribution in [0.3, 0.4) is 0 Å². The van der Waals surface area contributed by atoms with Gasteiger partial charge in [-0.2, -0.15) is 5.10 Å². The van der Waals surface area contributed by atoms with Gasteiger partial charge in [0.25, 0.3) is 0 Å². The highest BCUT2D eigenvalue weighted by Gasteiger charge is 2.12. The number of nitrogens with one attached hydrogen (secondary N) is 1. The highest BCUT2D eigenvalue weighted by molar-refractivity contribution is 7.71. The van der Waals surface area contributed by atoms with Gasteiger partial charge in [-0.15, -0.1) is 0 Å². The number of aromatic amines is 1. The van der Waals surface area contributed by atoms with Gasteiger partial charge >= 0.3 is 0 Å². The van der Waals surface area contributed by atoms with Gasteiger partial charge in [-0.1, -0.05) is 30.4 Å².